The lowest BCUT2D eigenvalue weighted by Crippen LogP contribution is -2.03. The van der Waals surface area contributed by atoms with E-state index in [-0.39, 0.29) is 5.97 Å². The summed E-state index contributed by atoms with van der Waals surface area (Å²) in [6.07, 6.45) is 2.08. The van der Waals surface area contributed by atoms with Gasteiger partial charge in [-0.25, -0.2) is 4.79 Å². The van der Waals surface area contributed by atoms with Gasteiger partial charge in [0, 0.05) is 12.1 Å². The zero-order valence-corrected chi connectivity index (χ0v) is 13.0. The lowest BCUT2D eigenvalue weighted by atomic mass is 9.95. The van der Waals surface area contributed by atoms with Gasteiger partial charge in [-0.1, -0.05) is 17.6 Å². The van der Waals surface area contributed by atoms with Crippen LogP contribution in [0.25, 0.3) is 10.9 Å². The summed E-state index contributed by atoms with van der Waals surface area (Å²) < 4.78 is 6.86. The van der Waals surface area contributed by atoms with Crippen LogP contribution in [0.3, 0.4) is 0 Å². The lowest BCUT2D eigenvalue weighted by molar-refractivity contribution is 0.0600. The number of methoxy groups -OCH3 is 1. The van der Waals surface area contributed by atoms with Crippen molar-refractivity contribution in [3.05, 3.63) is 65.4 Å². The van der Waals surface area contributed by atoms with Crippen LogP contribution in [-0.4, -0.2) is 25.5 Å². The highest BCUT2D eigenvalue weighted by Gasteiger charge is 2.08. The van der Waals surface area contributed by atoms with Gasteiger partial charge in [-0.3, -0.25) is 0 Å². The van der Waals surface area contributed by atoms with Crippen LogP contribution in [0.4, 0.5) is 0 Å². The highest BCUT2D eigenvalue weighted by atomic mass is 16.5. The SMILES string of the molecule is Bc1cn(Cc2ccc(C(=O)OC)cc2)c2ccc(C#N)cc12. The molecule has 0 atom stereocenters. The van der Waals surface area contributed by atoms with Crippen LogP contribution in [0, 0.1) is 11.3 Å². The van der Waals surface area contributed by atoms with Gasteiger partial charge in [-0.15, -0.1) is 0 Å². The number of nitriles is 1. The van der Waals surface area contributed by atoms with Gasteiger partial charge in [-0.05, 0) is 47.5 Å². The van der Waals surface area contributed by atoms with E-state index in [9.17, 15) is 4.79 Å². The summed E-state index contributed by atoms with van der Waals surface area (Å²) in [6, 6.07) is 15.3. The van der Waals surface area contributed by atoms with Gasteiger partial charge in [-0.2, -0.15) is 5.26 Å². The molecule has 112 valence electrons. The van der Waals surface area contributed by atoms with E-state index in [1.165, 1.54) is 7.11 Å². The van der Waals surface area contributed by atoms with Crippen molar-refractivity contribution in [2.24, 2.45) is 0 Å². The van der Waals surface area contributed by atoms with Crippen LogP contribution in [0.15, 0.2) is 48.7 Å². The fourth-order valence-corrected chi connectivity index (χ4v) is 2.74. The van der Waals surface area contributed by atoms with Gasteiger partial charge in [0.05, 0.1) is 24.3 Å². The van der Waals surface area contributed by atoms with Gasteiger partial charge in [0.25, 0.3) is 0 Å². The molecule has 23 heavy (non-hydrogen) atoms. The third kappa shape index (κ3) is 2.84. The predicted molar refractivity (Wildman–Crippen MR) is 91.7 cm³/mol. The molecule has 0 saturated carbocycles. The molecule has 0 bridgehead atoms. The minimum Gasteiger partial charge on any atom is -0.465 e. The van der Waals surface area contributed by atoms with Crippen molar-refractivity contribution in [1.29, 1.82) is 5.26 Å². The summed E-state index contributed by atoms with van der Waals surface area (Å²) in [7, 11) is 3.42. The maximum absolute atomic E-state index is 11.5. The number of esters is 1. The predicted octanol–water partition coefficient (Wildman–Crippen LogP) is 1.61. The molecule has 0 aliphatic rings. The number of rotatable bonds is 3. The molecule has 1 heterocycles. The maximum atomic E-state index is 11.5. The average Bonchev–Trinajstić information content (AvgIpc) is 2.90. The molecule has 0 aliphatic carbocycles. The molecule has 1 aromatic heterocycles. The molecule has 3 rings (SSSR count). The summed E-state index contributed by atoms with van der Waals surface area (Å²) in [6.45, 7) is 0.706. The molecule has 0 N–H and O–H groups in total. The molecule has 0 radical (unpaired) electrons. The summed E-state index contributed by atoms with van der Waals surface area (Å²) >= 11 is 0. The Morgan fingerprint density at radius 3 is 2.65 bits per heavy atom. The van der Waals surface area contributed by atoms with Crippen LogP contribution in [0.5, 0.6) is 0 Å². The summed E-state index contributed by atoms with van der Waals surface area (Å²) in [5.41, 5.74) is 4.55. The number of fused-ring (bicyclic) bond motifs is 1. The second kappa shape index (κ2) is 6.01. The van der Waals surface area contributed by atoms with Crippen molar-refractivity contribution in [3.8, 4) is 6.07 Å². The Hall–Kier alpha value is -3.00. The van der Waals surface area contributed by atoms with Crippen LogP contribution in [0.2, 0.25) is 0 Å². The normalized spacial score (nSPS) is 10.4. The number of hydrogen-bond acceptors (Lipinski definition) is 3. The first kappa shape index (κ1) is 14.9. The van der Waals surface area contributed by atoms with E-state index >= 15 is 0 Å². The average molecular weight is 302 g/mol. The Kier molecular flexibility index (Phi) is 3.90. The monoisotopic (exact) mass is 302 g/mol. The van der Waals surface area contributed by atoms with Crippen molar-refractivity contribution in [2.45, 2.75) is 6.54 Å². The van der Waals surface area contributed by atoms with Crippen LogP contribution in [-0.2, 0) is 11.3 Å². The van der Waals surface area contributed by atoms with E-state index < -0.39 is 0 Å². The molecule has 0 fully saturated rings. The second-order valence-corrected chi connectivity index (χ2v) is 5.47. The van der Waals surface area contributed by atoms with E-state index in [0.29, 0.717) is 17.7 Å². The second-order valence-electron chi connectivity index (χ2n) is 5.47. The Bertz CT molecular complexity index is 921. The van der Waals surface area contributed by atoms with E-state index in [4.69, 9.17) is 10.00 Å². The number of hydrogen-bond donors (Lipinski definition) is 0. The van der Waals surface area contributed by atoms with Crippen molar-refractivity contribution >= 4 is 30.2 Å². The Morgan fingerprint density at radius 2 is 2.00 bits per heavy atom. The first-order valence-corrected chi connectivity index (χ1v) is 7.29. The van der Waals surface area contributed by atoms with Crippen LogP contribution >= 0.6 is 0 Å². The lowest BCUT2D eigenvalue weighted by Gasteiger charge is -2.07. The molecule has 0 unspecified atom stereocenters. The molecule has 0 spiro atoms. The minimum absolute atomic E-state index is 0.331. The quantitative estimate of drug-likeness (QED) is 0.545. The molecule has 0 aliphatic heterocycles. The zero-order valence-electron chi connectivity index (χ0n) is 13.0. The third-order valence-corrected chi connectivity index (χ3v) is 3.94. The van der Waals surface area contributed by atoms with E-state index in [2.05, 4.69) is 16.8 Å². The standard InChI is InChI=1S/C18H15BN2O2/c1-23-18(22)14-5-2-12(3-6-14)10-21-11-16(19)15-8-13(9-20)4-7-17(15)21/h2-8,11H,10,19H2,1H3. The van der Waals surface area contributed by atoms with E-state index in [0.717, 1.165) is 21.9 Å². The molecule has 5 heteroatoms. The van der Waals surface area contributed by atoms with E-state index in [1.54, 1.807) is 12.1 Å². The number of ether oxygens (including phenoxy) is 1. The molecular weight excluding hydrogens is 287 g/mol. The fraction of sp³-hybridized carbons (Fsp3) is 0.111. The van der Waals surface area contributed by atoms with Gasteiger partial charge in [0.15, 0.2) is 0 Å². The number of benzene rings is 2. The highest BCUT2D eigenvalue weighted by molar-refractivity contribution is 6.38. The van der Waals surface area contributed by atoms with Gasteiger partial charge < -0.3 is 9.30 Å². The van der Waals surface area contributed by atoms with Gasteiger partial charge in [0.2, 0.25) is 0 Å². The molecule has 0 saturated heterocycles. The smallest absolute Gasteiger partial charge is 0.337 e. The number of carbonyl (C=O) groups excluding carboxylic acids is 1. The molecule has 3 aromatic rings. The van der Waals surface area contributed by atoms with E-state index in [1.807, 2.05) is 38.2 Å². The Labute approximate surface area is 135 Å². The molecule has 2 aromatic carbocycles. The molecular formula is C18H15BN2O2. The van der Waals surface area contributed by atoms with Crippen molar-refractivity contribution in [2.75, 3.05) is 7.11 Å². The molecule has 0 amide bonds. The highest BCUT2D eigenvalue weighted by Crippen LogP contribution is 2.17. The third-order valence-electron chi connectivity index (χ3n) is 3.94. The van der Waals surface area contributed by atoms with Crippen LogP contribution < -0.4 is 5.46 Å². The zero-order chi connectivity index (χ0) is 16.4. The summed E-state index contributed by atoms with van der Waals surface area (Å²) in [5.74, 6) is -0.331. The van der Waals surface area contributed by atoms with Gasteiger partial charge >= 0.3 is 5.97 Å². The largest absolute Gasteiger partial charge is 0.465 e. The summed E-state index contributed by atoms with van der Waals surface area (Å²) in [4.78, 5) is 11.5. The fourth-order valence-electron chi connectivity index (χ4n) is 2.74. The molecule has 4 nitrogen and oxygen atoms in total. The minimum atomic E-state index is -0.331. The van der Waals surface area contributed by atoms with Gasteiger partial charge in [0.1, 0.15) is 7.85 Å². The first-order valence-electron chi connectivity index (χ1n) is 7.29. The van der Waals surface area contributed by atoms with Crippen molar-refractivity contribution < 1.29 is 9.53 Å². The van der Waals surface area contributed by atoms with Crippen molar-refractivity contribution in [3.63, 3.8) is 0 Å². The first-order chi connectivity index (χ1) is 11.1. The van der Waals surface area contributed by atoms with Crippen LogP contribution in [0.1, 0.15) is 21.5 Å². The number of aromatic nitrogens is 1. The topological polar surface area (TPSA) is 55.0 Å². The number of carbonyl (C=O) groups is 1. The maximum Gasteiger partial charge on any atom is 0.337 e. The number of nitrogens with zero attached hydrogens (tertiary/aromatic N) is 2. The Morgan fingerprint density at radius 1 is 1.26 bits per heavy atom. The Balaban J connectivity index is 1.93. The van der Waals surface area contributed by atoms with Crippen molar-refractivity contribution in [1.82, 2.24) is 4.57 Å². The summed E-state index contributed by atoms with van der Waals surface area (Å²) in [5, 5.41) is 10.1.